The Morgan fingerprint density at radius 3 is 2.76 bits per heavy atom. The standard InChI is InChI=1S/C22H33N3O3S/c1-4-5-6-9-14-25-21(27)18-11-7-8-12-19(18)24-22(25)29-16-20(26)23-13-10-15-28-17(2)3/h7-8,11-12,17H,4-6,9-10,13-16H2,1-3H3,(H,23,26). The summed E-state index contributed by atoms with van der Waals surface area (Å²) in [5.41, 5.74) is 0.650. The van der Waals surface area contributed by atoms with Crippen molar-refractivity contribution in [2.24, 2.45) is 0 Å². The van der Waals surface area contributed by atoms with Gasteiger partial charge in [-0.15, -0.1) is 0 Å². The molecule has 0 aliphatic carbocycles. The van der Waals surface area contributed by atoms with Crippen LogP contribution in [-0.2, 0) is 16.1 Å². The molecule has 1 aromatic heterocycles. The number of hydrogen-bond acceptors (Lipinski definition) is 5. The maximum Gasteiger partial charge on any atom is 0.262 e. The largest absolute Gasteiger partial charge is 0.379 e. The maximum absolute atomic E-state index is 13.0. The van der Waals surface area contributed by atoms with Crippen LogP contribution in [0.1, 0.15) is 52.9 Å². The first-order valence-electron chi connectivity index (χ1n) is 10.5. The van der Waals surface area contributed by atoms with Gasteiger partial charge in [-0.3, -0.25) is 14.2 Å². The van der Waals surface area contributed by atoms with Gasteiger partial charge >= 0.3 is 0 Å². The van der Waals surface area contributed by atoms with E-state index < -0.39 is 0 Å². The number of thioether (sulfide) groups is 1. The van der Waals surface area contributed by atoms with Crippen molar-refractivity contribution in [1.29, 1.82) is 0 Å². The molecule has 0 saturated heterocycles. The highest BCUT2D eigenvalue weighted by molar-refractivity contribution is 7.99. The normalized spacial score (nSPS) is 11.3. The van der Waals surface area contributed by atoms with Gasteiger partial charge in [0.1, 0.15) is 0 Å². The second-order valence-corrected chi connectivity index (χ2v) is 8.28. The van der Waals surface area contributed by atoms with Crippen LogP contribution in [-0.4, -0.2) is 40.5 Å². The van der Waals surface area contributed by atoms with Gasteiger partial charge in [0.2, 0.25) is 5.91 Å². The average molecular weight is 420 g/mol. The highest BCUT2D eigenvalue weighted by Crippen LogP contribution is 2.18. The number of unbranched alkanes of at least 4 members (excludes halogenated alkanes) is 3. The molecule has 1 aromatic carbocycles. The van der Waals surface area contributed by atoms with Crippen molar-refractivity contribution in [2.75, 3.05) is 18.9 Å². The number of carbonyl (C=O) groups excluding carboxylic acids is 1. The van der Waals surface area contributed by atoms with Gasteiger partial charge in [-0.25, -0.2) is 4.98 Å². The summed E-state index contributed by atoms with van der Waals surface area (Å²) >= 11 is 1.33. The molecule has 0 bridgehead atoms. The van der Waals surface area contributed by atoms with Crippen LogP contribution in [0.15, 0.2) is 34.2 Å². The number of hydrogen-bond donors (Lipinski definition) is 1. The number of carbonyl (C=O) groups is 1. The molecule has 2 rings (SSSR count). The minimum Gasteiger partial charge on any atom is -0.379 e. The smallest absolute Gasteiger partial charge is 0.262 e. The zero-order valence-corrected chi connectivity index (χ0v) is 18.6. The molecule has 0 aliphatic heterocycles. The lowest BCUT2D eigenvalue weighted by atomic mass is 10.2. The lowest BCUT2D eigenvalue weighted by Gasteiger charge is -2.13. The molecule has 2 aromatic rings. The highest BCUT2D eigenvalue weighted by Gasteiger charge is 2.13. The first-order valence-corrected chi connectivity index (χ1v) is 11.5. The molecular formula is C22H33N3O3S. The predicted octanol–water partition coefficient (Wildman–Crippen LogP) is 4.00. The predicted molar refractivity (Wildman–Crippen MR) is 120 cm³/mol. The Morgan fingerprint density at radius 2 is 2.00 bits per heavy atom. The van der Waals surface area contributed by atoms with Crippen molar-refractivity contribution in [3.8, 4) is 0 Å². The van der Waals surface area contributed by atoms with Crippen LogP contribution in [0.25, 0.3) is 10.9 Å². The molecule has 7 heteroatoms. The summed E-state index contributed by atoms with van der Waals surface area (Å²) in [7, 11) is 0. The summed E-state index contributed by atoms with van der Waals surface area (Å²) in [6, 6.07) is 7.39. The Kier molecular flexibility index (Phi) is 10.2. The van der Waals surface area contributed by atoms with E-state index in [1.807, 2.05) is 38.1 Å². The Balaban J connectivity index is 2.00. The van der Waals surface area contributed by atoms with E-state index in [4.69, 9.17) is 4.74 Å². The van der Waals surface area contributed by atoms with E-state index in [9.17, 15) is 9.59 Å². The van der Waals surface area contributed by atoms with Crippen molar-refractivity contribution in [3.63, 3.8) is 0 Å². The topological polar surface area (TPSA) is 73.2 Å². The van der Waals surface area contributed by atoms with Crippen LogP contribution in [0.5, 0.6) is 0 Å². The van der Waals surface area contributed by atoms with Crippen molar-refractivity contribution in [1.82, 2.24) is 14.9 Å². The number of aromatic nitrogens is 2. The molecule has 1 amide bonds. The molecule has 160 valence electrons. The lowest BCUT2D eigenvalue weighted by molar-refractivity contribution is -0.118. The van der Waals surface area contributed by atoms with Crippen LogP contribution in [0, 0.1) is 0 Å². The third kappa shape index (κ3) is 7.82. The Morgan fingerprint density at radius 1 is 1.21 bits per heavy atom. The van der Waals surface area contributed by atoms with Gasteiger partial charge in [-0.05, 0) is 38.8 Å². The van der Waals surface area contributed by atoms with Gasteiger partial charge < -0.3 is 10.1 Å². The number of benzene rings is 1. The fourth-order valence-corrected chi connectivity index (χ4v) is 3.81. The van der Waals surface area contributed by atoms with Crippen LogP contribution in [0.3, 0.4) is 0 Å². The monoisotopic (exact) mass is 419 g/mol. The molecule has 0 saturated carbocycles. The Hall–Kier alpha value is -1.86. The molecule has 0 spiro atoms. The minimum atomic E-state index is -0.0560. The Bertz CT molecular complexity index is 836. The van der Waals surface area contributed by atoms with Crippen LogP contribution >= 0.6 is 11.8 Å². The van der Waals surface area contributed by atoms with Crippen molar-refractivity contribution >= 4 is 28.6 Å². The van der Waals surface area contributed by atoms with E-state index in [0.29, 0.717) is 35.8 Å². The van der Waals surface area contributed by atoms with E-state index in [1.165, 1.54) is 11.8 Å². The number of fused-ring (bicyclic) bond motifs is 1. The second kappa shape index (κ2) is 12.6. The molecule has 0 fully saturated rings. The number of ether oxygens (including phenoxy) is 1. The maximum atomic E-state index is 13.0. The van der Waals surface area contributed by atoms with Gasteiger partial charge in [0.15, 0.2) is 5.16 Å². The third-order valence-electron chi connectivity index (χ3n) is 4.49. The molecule has 6 nitrogen and oxygen atoms in total. The minimum absolute atomic E-state index is 0.0270. The first-order chi connectivity index (χ1) is 14.0. The molecular weight excluding hydrogens is 386 g/mol. The van der Waals surface area contributed by atoms with E-state index in [0.717, 1.165) is 32.1 Å². The van der Waals surface area contributed by atoms with E-state index in [2.05, 4.69) is 17.2 Å². The van der Waals surface area contributed by atoms with Crippen LogP contribution < -0.4 is 10.9 Å². The Labute approximate surface area is 177 Å². The van der Waals surface area contributed by atoms with E-state index in [-0.39, 0.29) is 23.3 Å². The summed E-state index contributed by atoms with van der Waals surface area (Å²) in [6.45, 7) is 8.00. The second-order valence-electron chi connectivity index (χ2n) is 7.34. The molecule has 1 heterocycles. The lowest BCUT2D eigenvalue weighted by Crippen LogP contribution is -2.28. The molecule has 0 aliphatic rings. The highest BCUT2D eigenvalue weighted by atomic mass is 32.2. The van der Waals surface area contributed by atoms with Crippen LogP contribution in [0.2, 0.25) is 0 Å². The van der Waals surface area contributed by atoms with Gasteiger partial charge in [0.05, 0.1) is 22.8 Å². The van der Waals surface area contributed by atoms with Gasteiger partial charge in [0, 0.05) is 19.7 Å². The molecule has 29 heavy (non-hydrogen) atoms. The summed E-state index contributed by atoms with van der Waals surface area (Å²) < 4.78 is 7.20. The quantitative estimate of drug-likeness (QED) is 0.302. The van der Waals surface area contributed by atoms with E-state index >= 15 is 0 Å². The van der Waals surface area contributed by atoms with Crippen molar-refractivity contribution in [3.05, 3.63) is 34.6 Å². The fraction of sp³-hybridized carbons (Fsp3) is 0.591. The number of nitrogens with one attached hydrogen (secondary N) is 1. The molecule has 0 radical (unpaired) electrons. The van der Waals surface area contributed by atoms with Gasteiger partial charge in [-0.2, -0.15) is 0 Å². The SMILES string of the molecule is CCCCCCn1c(SCC(=O)NCCCOC(C)C)nc2ccccc2c1=O. The summed E-state index contributed by atoms with van der Waals surface area (Å²) in [5.74, 6) is 0.185. The molecule has 0 atom stereocenters. The van der Waals surface area contributed by atoms with Gasteiger partial charge in [0.25, 0.3) is 5.56 Å². The number of para-hydroxylation sites is 1. The van der Waals surface area contributed by atoms with Crippen molar-refractivity contribution < 1.29 is 9.53 Å². The summed E-state index contributed by atoms with van der Waals surface area (Å²) in [6.07, 6.45) is 5.30. The zero-order valence-electron chi connectivity index (χ0n) is 17.8. The van der Waals surface area contributed by atoms with E-state index in [1.54, 1.807) is 4.57 Å². The van der Waals surface area contributed by atoms with Crippen molar-refractivity contribution in [2.45, 2.75) is 70.7 Å². The van der Waals surface area contributed by atoms with Crippen LogP contribution in [0.4, 0.5) is 0 Å². The summed E-state index contributed by atoms with van der Waals surface area (Å²) in [5, 5.41) is 4.14. The summed E-state index contributed by atoms with van der Waals surface area (Å²) in [4.78, 5) is 29.8. The number of amides is 1. The molecule has 1 N–H and O–H groups in total. The zero-order chi connectivity index (χ0) is 21.1. The molecule has 0 unspecified atom stereocenters. The fourth-order valence-electron chi connectivity index (χ4n) is 2.95. The average Bonchev–Trinajstić information content (AvgIpc) is 2.70. The third-order valence-corrected chi connectivity index (χ3v) is 5.47. The van der Waals surface area contributed by atoms with Gasteiger partial charge in [-0.1, -0.05) is 50.1 Å². The first kappa shape index (κ1) is 23.4. The number of nitrogens with zero attached hydrogens (tertiary/aromatic N) is 2. The number of rotatable bonds is 13.